The molecule has 0 saturated carbocycles. The maximum absolute atomic E-state index is 15.3. The molecule has 0 spiro atoms. The molecule has 1 aliphatic heterocycles. The SMILES string of the molecule is CC(C)(C)OC(=O)N1CC[C@H](Oc2cncc(Nc3cc(OC(F)F)[nH]n3)n2)[C@](C)(F)C1. The van der Waals surface area contributed by atoms with Crippen LogP contribution in [0.3, 0.4) is 0 Å². The van der Waals surface area contributed by atoms with Crippen LogP contribution in [0.2, 0.25) is 0 Å². The van der Waals surface area contributed by atoms with Crippen molar-refractivity contribution in [2.75, 3.05) is 18.4 Å². The van der Waals surface area contributed by atoms with E-state index in [0.29, 0.717) is 0 Å². The minimum atomic E-state index is -2.99. The Hall–Kier alpha value is -3.25. The molecule has 2 atom stereocenters. The van der Waals surface area contributed by atoms with Crippen LogP contribution in [0.25, 0.3) is 0 Å². The summed E-state index contributed by atoms with van der Waals surface area (Å²) in [5, 5.41) is 8.82. The van der Waals surface area contributed by atoms with Gasteiger partial charge in [-0.2, -0.15) is 18.9 Å². The summed E-state index contributed by atoms with van der Waals surface area (Å²) in [5.74, 6) is 0.180. The highest BCUT2D eigenvalue weighted by Gasteiger charge is 2.44. The second-order valence-electron chi connectivity index (χ2n) is 8.44. The molecule has 2 aromatic heterocycles. The van der Waals surface area contributed by atoms with Crippen LogP contribution in [0, 0.1) is 0 Å². The average molecular weight is 458 g/mol. The van der Waals surface area contributed by atoms with Gasteiger partial charge in [-0.1, -0.05) is 0 Å². The molecule has 2 N–H and O–H groups in total. The largest absolute Gasteiger partial charge is 0.470 e. The molecule has 0 aromatic carbocycles. The van der Waals surface area contributed by atoms with E-state index in [0.717, 1.165) is 0 Å². The number of carbonyl (C=O) groups excluding carboxylic acids is 1. The van der Waals surface area contributed by atoms with E-state index in [1.807, 2.05) is 0 Å². The number of likely N-dealkylation sites (tertiary alicyclic amines) is 1. The third-order valence-electron chi connectivity index (χ3n) is 4.39. The fourth-order valence-electron chi connectivity index (χ4n) is 3.06. The number of piperidine rings is 1. The molecule has 1 amide bonds. The zero-order chi connectivity index (χ0) is 23.5. The Kier molecular flexibility index (Phi) is 6.65. The molecule has 3 heterocycles. The average Bonchev–Trinajstić information content (AvgIpc) is 3.08. The summed E-state index contributed by atoms with van der Waals surface area (Å²) in [7, 11) is 0. The number of hydrogen-bond donors (Lipinski definition) is 2. The molecule has 3 rings (SSSR count). The van der Waals surface area contributed by atoms with Gasteiger partial charge in [0.2, 0.25) is 11.8 Å². The lowest BCUT2D eigenvalue weighted by Gasteiger charge is -2.40. The van der Waals surface area contributed by atoms with Gasteiger partial charge in [-0.25, -0.2) is 14.3 Å². The van der Waals surface area contributed by atoms with Crippen molar-refractivity contribution in [3.05, 3.63) is 18.5 Å². The van der Waals surface area contributed by atoms with E-state index in [1.54, 1.807) is 20.8 Å². The van der Waals surface area contributed by atoms with Crippen molar-refractivity contribution in [3.8, 4) is 11.8 Å². The summed E-state index contributed by atoms with van der Waals surface area (Å²) < 4.78 is 55.0. The van der Waals surface area contributed by atoms with E-state index in [-0.39, 0.29) is 42.9 Å². The van der Waals surface area contributed by atoms with Crippen LogP contribution < -0.4 is 14.8 Å². The minimum absolute atomic E-state index is 0.0502. The monoisotopic (exact) mass is 458 g/mol. The van der Waals surface area contributed by atoms with Gasteiger partial charge in [0.25, 0.3) is 0 Å². The van der Waals surface area contributed by atoms with Crippen LogP contribution in [0.15, 0.2) is 18.5 Å². The van der Waals surface area contributed by atoms with Crippen LogP contribution in [-0.2, 0) is 4.74 Å². The van der Waals surface area contributed by atoms with Crippen LogP contribution in [0.1, 0.15) is 34.1 Å². The van der Waals surface area contributed by atoms with Gasteiger partial charge in [0, 0.05) is 19.0 Å². The first-order valence-electron chi connectivity index (χ1n) is 9.84. The maximum Gasteiger partial charge on any atom is 0.410 e. The number of alkyl halides is 3. The third-order valence-corrected chi connectivity index (χ3v) is 4.39. The number of aromatic nitrogens is 4. The maximum atomic E-state index is 15.3. The molecule has 32 heavy (non-hydrogen) atoms. The first-order valence-corrected chi connectivity index (χ1v) is 9.84. The van der Waals surface area contributed by atoms with Gasteiger partial charge in [0.1, 0.15) is 11.7 Å². The standard InChI is InChI=1S/C19H25F3N6O4/c1-18(2,3)32-17(29)28-6-5-11(19(4,22)10-28)30-15-9-23-8-13(25-15)24-12-7-14(27-26-12)31-16(20)21/h7-9,11,16H,5-6,10H2,1-4H3,(H2,24,25,26,27)/t11-,19+/m0/s1. The highest BCUT2D eigenvalue weighted by molar-refractivity contribution is 5.68. The van der Waals surface area contributed by atoms with Gasteiger partial charge >= 0.3 is 12.7 Å². The normalized spacial score (nSPS) is 21.4. The fraction of sp³-hybridized carbons (Fsp3) is 0.579. The number of anilines is 2. The lowest BCUT2D eigenvalue weighted by molar-refractivity contribution is -0.0533. The fourth-order valence-corrected chi connectivity index (χ4v) is 3.06. The number of amides is 1. The Labute approximate surface area is 182 Å². The molecule has 1 fully saturated rings. The summed E-state index contributed by atoms with van der Waals surface area (Å²) in [4.78, 5) is 21.7. The molecule has 176 valence electrons. The number of nitrogens with one attached hydrogen (secondary N) is 2. The van der Waals surface area contributed by atoms with Crippen molar-refractivity contribution in [3.63, 3.8) is 0 Å². The molecule has 0 aliphatic carbocycles. The Morgan fingerprint density at radius 1 is 1.34 bits per heavy atom. The van der Waals surface area contributed by atoms with Crippen LogP contribution in [-0.4, -0.2) is 68.2 Å². The summed E-state index contributed by atoms with van der Waals surface area (Å²) in [6.07, 6.45) is 1.44. The highest BCUT2D eigenvalue weighted by Crippen LogP contribution is 2.30. The number of ether oxygens (including phenoxy) is 3. The van der Waals surface area contributed by atoms with Crippen molar-refractivity contribution in [2.45, 2.75) is 58.1 Å². The van der Waals surface area contributed by atoms with Crippen molar-refractivity contribution in [1.29, 1.82) is 0 Å². The van der Waals surface area contributed by atoms with Gasteiger partial charge in [-0.05, 0) is 27.7 Å². The van der Waals surface area contributed by atoms with E-state index >= 15 is 4.39 Å². The lowest BCUT2D eigenvalue weighted by Crippen LogP contribution is -2.56. The molecule has 0 bridgehead atoms. The van der Waals surface area contributed by atoms with Crippen LogP contribution in [0.4, 0.5) is 29.6 Å². The predicted octanol–water partition coefficient (Wildman–Crippen LogP) is 3.66. The van der Waals surface area contributed by atoms with Crippen LogP contribution >= 0.6 is 0 Å². The van der Waals surface area contributed by atoms with Gasteiger partial charge < -0.3 is 24.4 Å². The number of nitrogens with zero attached hydrogens (tertiary/aromatic N) is 4. The van der Waals surface area contributed by atoms with Crippen molar-refractivity contribution in [1.82, 2.24) is 25.1 Å². The number of halogens is 3. The molecule has 10 nitrogen and oxygen atoms in total. The highest BCUT2D eigenvalue weighted by atomic mass is 19.3. The summed E-state index contributed by atoms with van der Waals surface area (Å²) in [6.45, 7) is 3.64. The zero-order valence-corrected chi connectivity index (χ0v) is 18.1. The summed E-state index contributed by atoms with van der Waals surface area (Å²) in [6, 6.07) is 1.21. The third kappa shape index (κ3) is 6.37. The Morgan fingerprint density at radius 2 is 2.09 bits per heavy atom. The van der Waals surface area contributed by atoms with Crippen molar-refractivity contribution >= 4 is 17.7 Å². The molecule has 1 saturated heterocycles. The lowest BCUT2D eigenvalue weighted by atomic mass is 9.93. The number of H-pyrrole nitrogens is 1. The smallest absolute Gasteiger partial charge is 0.410 e. The zero-order valence-electron chi connectivity index (χ0n) is 18.1. The molecular formula is C19H25F3N6O4. The Balaban J connectivity index is 1.61. The first-order chi connectivity index (χ1) is 14.9. The number of rotatable bonds is 6. The van der Waals surface area contributed by atoms with E-state index in [2.05, 4.69) is 30.2 Å². The second-order valence-corrected chi connectivity index (χ2v) is 8.44. The summed E-state index contributed by atoms with van der Waals surface area (Å²) >= 11 is 0. The van der Waals surface area contributed by atoms with Crippen molar-refractivity contribution < 1.29 is 32.2 Å². The molecule has 0 unspecified atom stereocenters. The number of carbonyl (C=O) groups is 1. The Morgan fingerprint density at radius 3 is 2.75 bits per heavy atom. The molecule has 0 radical (unpaired) electrons. The van der Waals surface area contributed by atoms with E-state index in [9.17, 15) is 13.6 Å². The molecule has 2 aromatic rings. The second kappa shape index (κ2) is 9.09. The van der Waals surface area contributed by atoms with Crippen molar-refractivity contribution in [2.24, 2.45) is 0 Å². The Bertz CT molecular complexity index is 934. The van der Waals surface area contributed by atoms with E-state index in [1.165, 1.54) is 30.3 Å². The van der Waals surface area contributed by atoms with Gasteiger partial charge in [-0.3, -0.25) is 4.98 Å². The minimum Gasteiger partial charge on any atom is -0.470 e. The van der Waals surface area contributed by atoms with Gasteiger partial charge in [-0.15, -0.1) is 0 Å². The quantitative estimate of drug-likeness (QED) is 0.674. The topological polar surface area (TPSA) is 114 Å². The van der Waals surface area contributed by atoms with E-state index < -0.39 is 30.1 Å². The van der Waals surface area contributed by atoms with E-state index in [4.69, 9.17) is 9.47 Å². The molecule has 13 heteroatoms. The number of aromatic amines is 1. The van der Waals surface area contributed by atoms with Crippen LogP contribution in [0.5, 0.6) is 11.8 Å². The first kappa shape index (κ1) is 23.4. The predicted molar refractivity (Wildman–Crippen MR) is 107 cm³/mol. The summed E-state index contributed by atoms with van der Waals surface area (Å²) in [5.41, 5.74) is -2.54. The number of hydrogen-bond acceptors (Lipinski definition) is 8. The molecular weight excluding hydrogens is 433 g/mol. The van der Waals surface area contributed by atoms with Gasteiger partial charge in [0.15, 0.2) is 17.3 Å². The molecule has 1 aliphatic rings. The van der Waals surface area contributed by atoms with Gasteiger partial charge in [0.05, 0.1) is 18.9 Å².